The summed E-state index contributed by atoms with van der Waals surface area (Å²) in [5.41, 5.74) is 0. The van der Waals surface area contributed by atoms with E-state index < -0.39 is 16.3 Å². The molecule has 0 unspecified atom stereocenters. The fourth-order valence-corrected chi connectivity index (χ4v) is 0.968. The van der Waals surface area contributed by atoms with E-state index in [1.54, 1.807) is 0 Å². The molecule has 0 aromatic heterocycles. The molecule has 0 atom stereocenters. The lowest BCUT2D eigenvalue weighted by Gasteiger charge is -2.18. The third-order valence-corrected chi connectivity index (χ3v) is 2.23. The van der Waals surface area contributed by atoms with E-state index in [1.807, 2.05) is 27.7 Å². The predicted octanol–water partition coefficient (Wildman–Crippen LogP) is 2.56. The van der Waals surface area contributed by atoms with Crippen LogP contribution in [0.5, 0.6) is 0 Å². The van der Waals surface area contributed by atoms with Gasteiger partial charge in [-0.15, -0.1) is 0 Å². The minimum atomic E-state index is -2.29. The summed E-state index contributed by atoms with van der Waals surface area (Å²) in [6.45, 7) is 7.72. The lowest BCUT2D eigenvalue weighted by molar-refractivity contribution is -0.157. The Balaban J connectivity index is 4.33. The van der Waals surface area contributed by atoms with Crippen LogP contribution in [0, 0.1) is 11.8 Å². The first kappa shape index (κ1) is 16.5. The van der Waals surface area contributed by atoms with Crippen molar-refractivity contribution in [3.63, 3.8) is 0 Å². The van der Waals surface area contributed by atoms with Gasteiger partial charge in [-0.3, -0.25) is 0 Å². The Hall–Kier alpha value is -0.480. The number of hydrogen-bond acceptors (Lipinski definition) is 4. The van der Waals surface area contributed by atoms with E-state index in [4.69, 9.17) is 32.7 Å². The maximum Gasteiger partial charge on any atom is 0.354 e. The van der Waals surface area contributed by atoms with Crippen LogP contribution in [0.1, 0.15) is 27.7 Å². The Bertz CT molecular complexity index is 249. The van der Waals surface area contributed by atoms with Crippen LogP contribution in [0.15, 0.2) is 0 Å². The zero-order chi connectivity index (χ0) is 13.6. The number of hydrogen-bond donors (Lipinski definition) is 0. The van der Waals surface area contributed by atoms with Gasteiger partial charge in [-0.25, -0.2) is 9.59 Å². The molecule has 0 saturated carbocycles. The summed E-state index contributed by atoms with van der Waals surface area (Å²) >= 11 is 11.2. The highest BCUT2D eigenvalue weighted by atomic mass is 35.5. The number of carbonyl (C=O) groups excluding carboxylic acids is 2. The van der Waals surface area contributed by atoms with Crippen LogP contribution in [0.4, 0.5) is 0 Å². The fraction of sp³-hybridized carbons (Fsp3) is 0.818. The van der Waals surface area contributed by atoms with E-state index in [1.165, 1.54) is 0 Å². The van der Waals surface area contributed by atoms with E-state index in [0.717, 1.165) is 0 Å². The van der Waals surface area contributed by atoms with Gasteiger partial charge in [0, 0.05) is 0 Å². The van der Waals surface area contributed by atoms with Crippen LogP contribution < -0.4 is 0 Å². The highest BCUT2D eigenvalue weighted by molar-refractivity contribution is 6.66. The Morgan fingerprint density at radius 3 is 1.47 bits per heavy atom. The maximum atomic E-state index is 11.5. The topological polar surface area (TPSA) is 52.6 Å². The average Bonchev–Trinajstić information content (AvgIpc) is 2.21. The molecule has 0 radical (unpaired) electrons. The van der Waals surface area contributed by atoms with Crippen LogP contribution in [-0.4, -0.2) is 29.5 Å². The average molecular weight is 285 g/mol. The van der Waals surface area contributed by atoms with Crippen LogP contribution in [-0.2, 0) is 19.1 Å². The zero-order valence-corrected chi connectivity index (χ0v) is 12.0. The Kier molecular flexibility index (Phi) is 6.87. The van der Waals surface area contributed by atoms with E-state index in [9.17, 15) is 9.59 Å². The molecular formula is C11H18Cl2O4. The Morgan fingerprint density at radius 1 is 0.941 bits per heavy atom. The number of rotatable bonds is 6. The summed E-state index contributed by atoms with van der Waals surface area (Å²) in [6, 6.07) is 0. The standard InChI is InChI=1S/C11H18Cl2O4/c1-7(2)5-16-9(14)11(12,13)10(15)17-6-8(3)4/h7-8H,5-6H2,1-4H3. The highest BCUT2D eigenvalue weighted by Crippen LogP contribution is 2.25. The molecule has 0 heterocycles. The van der Waals surface area contributed by atoms with Gasteiger partial charge in [0.1, 0.15) is 0 Å². The van der Waals surface area contributed by atoms with E-state index >= 15 is 0 Å². The molecule has 0 aromatic rings. The number of halogens is 2. The van der Waals surface area contributed by atoms with Gasteiger partial charge in [0.05, 0.1) is 13.2 Å². The summed E-state index contributed by atoms with van der Waals surface area (Å²) in [5.74, 6) is -1.73. The normalized spacial score (nSPS) is 11.8. The van der Waals surface area contributed by atoms with Crippen LogP contribution >= 0.6 is 23.2 Å². The molecule has 0 amide bonds. The van der Waals surface area contributed by atoms with Crippen LogP contribution in [0.25, 0.3) is 0 Å². The molecule has 0 aliphatic carbocycles. The Morgan fingerprint density at radius 2 is 1.24 bits per heavy atom. The predicted molar refractivity (Wildman–Crippen MR) is 66.0 cm³/mol. The second-order valence-corrected chi connectivity index (χ2v) is 5.89. The van der Waals surface area contributed by atoms with Gasteiger partial charge in [0.25, 0.3) is 0 Å². The first-order chi connectivity index (χ1) is 7.67. The second kappa shape index (κ2) is 7.07. The molecule has 0 aliphatic heterocycles. The van der Waals surface area contributed by atoms with E-state index in [0.29, 0.717) is 0 Å². The van der Waals surface area contributed by atoms with Crippen molar-refractivity contribution in [2.45, 2.75) is 32.0 Å². The molecule has 0 bridgehead atoms. The molecule has 17 heavy (non-hydrogen) atoms. The lowest BCUT2D eigenvalue weighted by atomic mass is 10.2. The molecule has 0 N–H and O–H groups in total. The van der Waals surface area contributed by atoms with Crippen molar-refractivity contribution in [2.75, 3.05) is 13.2 Å². The van der Waals surface area contributed by atoms with Gasteiger partial charge in [-0.2, -0.15) is 0 Å². The smallest absolute Gasteiger partial charge is 0.354 e. The number of esters is 2. The second-order valence-electron chi connectivity index (χ2n) is 4.56. The summed E-state index contributed by atoms with van der Waals surface area (Å²) in [7, 11) is 0. The van der Waals surface area contributed by atoms with Gasteiger partial charge in [0.2, 0.25) is 0 Å². The van der Waals surface area contributed by atoms with Gasteiger partial charge in [0.15, 0.2) is 0 Å². The SMILES string of the molecule is CC(C)COC(=O)C(Cl)(Cl)C(=O)OCC(C)C. The van der Waals surface area contributed by atoms with E-state index in [-0.39, 0.29) is 25.0 Å². The van der Waals surface area contributed by atoms with Gasteiger partial charge < -0.3 is 9.47 Å². The largest absolute Gasteiger partial charge is 0.463 e. The Labute approximate surface area is 112 Å². The van der Waals surface area contributed by atoms with Crippen molar-refractivity contribution in [1.82, 2.24) is 0 Å². The fourth-order valence-electron chi connectivity index (χ4n) is 0.749. The van der Waals surface area contributed by atoms with Crippen LogP contribution in [0.3, 0.4) is 0 Å². The molecule has 0 aliphatic rings. The zero-order valence-electron chi connectivity index (χ0n) is 10.5. The quantitative estimate of drug-likeness (QED) is 0.427. The summed E-state index contributed by atoms with van der Waals surface area (Å²) in [6.07, 6.45) is 0. The molecule has 0 saturated heterocycles. The van der Waals surface area contributed by atoms with Crippen molar-refractivity contribution < 1.29 is 19.1 Å². The third-order valence-electron chi connectivity index (χ3n) is 1.61. The lowest BCUT2D eigenvalue weighted by Crippen LogP contribution is -2.39. The van der Waals surface area contributed by atoms with E-state index in [2.05, 4.69) is 0 Å². The van der Waals surface area contributed by atoms with Crippen molar-refractivity contribution in [3.05, 3.63) is 0 Å². The molecule has 0 rings (SSSR count). The maximum absolute atomic E-state index is 11.5. The first-order valence-electron chi connectivity index (χ1n) is 5.40. The number of carbonyl (C=O) groups is 2. The molecule has 0 aromatic carbocycles. The van der Waals surface area contributed by atoms with Crippen LogP contribution in [0.2, 0.25) is 0 Å². The summed E-state index contributed by atoms with van der Waals surface area (Å²) < 4.78 is 7.30. The number of ether oxygens (including phenoxy) is 2. The highest BCUT2D eigenvalue weighted by Gasteiger charge is 2.46. The van der Waals surface area contributed by atoms with Gasteiger partial charge in [-0.05, 0) is 11.8 Å². The molecule has 6 heteroatoms. The van der Waals surface area contributed by atoms with Gasteiger partial charge >= 0.3 is 16.3 Å². The number of alkyl halides is 2. The summed E-state index contributed by atoms with van der Waals surface area (Å²) in [4.78, 5) is 22.9. The van der Waals surface area contributed by atoms with Crippen molar-refractivity contribution in [2.24, 2.45) is 11.8 Å². The summed E-state index contributed by atoms with van der Waals surface area (Å²) in [5, 5.41) is 0. The molecule has 100 valence electrons. The van der Waals surface area contributed by atoms with Crippen molar-refractivity contribution in [3.8, 4) is 0 Å². The molecule has 0 fully saturated rings. The van der Waals surface area contributed by atoms with Gasteiger partial charge in [-0.1, -0.05) is 50.9 Å². The molecular weight excluding hydrogens is 267 g/mol. The molecule has 4 nitrogen and oxygen atoms in total. The molecule has 0 spiro atoms. The third kappa shape index (κ3) is 6.13. The minimum absolute atomic E-state index is 0.134. The minimum Gasteiger partial charge on any atom is -0.463 e. The van der Waals surface area contributed by atoms with Crippen molar-refractivity contribution >= 4 is 35.1 Å². The first-order valence-corrected chi connectivity index (χ1v) is 6.15. The monoisotopic (exact) mass is 284 g/mol. The van der Waals surface area contributed by atoms with Crippen molar-refractivity contribution in [1.29, 1.82) is 0 Å².